The average molecular weight is 310 g/mol. The molecular weight excluding hydrogens is 282 g/mol. The zero-order valence-electron chi connectivity index (χ0n) is 13.7. The van der Waals surface area contributed by atoms with Gasteiger partial charge < -0.3 is 10.2 Å². The van der Waals surface area contributed by atoms with Crippen LogP contribution < -0.4 is 5.32 Å². The molecule has 1 aromatic rings. The minimum atomic E-state index is 0.175. The molecular formula is C17H28ClN3. The summed E-state index contributed by atoms with van der Waals surface area (Å²) < 4.78 is 0. The van der Waals surface area contributed by atoms with Crippen molar-refractivity contribution in [2.45, 2.75) is 32.4 Å². The summed E-state index contributed by atoms with van der Waals surface area (Å²) in [4.78, 5) is 4.99. The number of benzene rings is 1. The SMILES string of the molecule is CC(NCC(C)(C)N1CCN(C)CC1)c1cccc(Cl)c1. The molecule has 1 aliphatic rings. The molecule has 0 radical (unpaired) electrons. The second kappa shape index (κ2) is 7.10. The Hall–Kier alpha value is -0.610. The summed E-state index contributed by atoms with van der Waals surface area (Å²) in [5.41, 5.74) is 1.42. The zero-order valence-corrected chi connectivity index (χ0v) is 14.5. The van der Waals surface area contributed by atoms with E-state index in [1.165, 1.54) is 5.56 Å². The molecule has 1 aromatic carbocycles. The third-order valence-corrected chi connectivity index (χ3v) is 4.78. The number of nitrogens with one attached hydrogen (secondary N) is 1. The van der Waals surface area contributed by atoms with Crippen LogP contribution in [0.3, 0.4) is 0 Å². The first-order chi connectivity index (χ1) is 9.88. The molecule has 3 nitrogen and oxygen atoms in total. The quantitative estimate of drug-likeness (QED) is 0.902. The molecule has 1 aliphatic heterocycles. The summed E-state index contributed by atoms with van der Waals surface area (Å²) in [6.07, 6.45) is 0. The van der Waals surface area contributed by atoms with Crippen LogP contribution in [0.15, 0.2) is 24.3 Å². The molecule has 0 bridgehead atoms. The third kappa shape index (κ3) is 4.68. The van der Waals surface area contributed by atoms with E-state index in [1.54, 1.807) is 0 Å². The number of rotatable bonds is 5. The van der Waals surface area contributed by atoms with Crippen molar-refractivity contribution in [3.63, 3.8) is 0 Å². The molecule has 1 saturated heterocycles. The van der Waals surface area contributed by atoms with Crippen LogP contribution in [0, 0.1) is 0 Å². The van der Waals surface area contributed by atoms with Crippen molar-refractivity contribution >= 4 is 11.6 Å². The first-order valence-electron chi connectivity index (χ1n) is 7.81. The van der Waals surface area contributed by atoms with Gasteiger partial charge >= 0.3 is 0 Å². The van der Waals surface area contributed by atoms with Gasteiger partial charge in [-0.25, -0.2) is 0 Å². The van der Waals surface area contributed by atoms with Crippen LogP contribution in [-0.2, 0) is 0 Å². The fourth-order valence-corrected chi connectivity index (χ4v) is 3.02. The van der Waals surface area contributed by atoms with Crippen molar-refractivity contribution in [3.8, 4) is 0 Å². The van der Waals surface area contributed by atoms with Crippen LogP contribution in [0.25, 0.3) is 0 Å². The summed E-state index contributed by atoms with van der Waals surface area (Å²) in [7, 11) is 2.20. The highest BCUT2D eigenvalue weighted by Gasteiger charge is 2.29. The molecule has 0 aromatic heterocycles. The molecule has 21 heavy (non-hydrogen) atoms. The Morgan fingerprint density at radius 2 is 1.90 bits per heavy atom. The highest BCUT2D eigenvalue weighted by atomic mass is 35.5. The summed E-state index contributed by atoms with van der Waals surface area (Å²) in [6.45, 7) is 12.5. The molecule has 1 fully saturated rings. The lowest BCUT2D eigenvalue weighted by atomic mass is 10.00. The molecule has 1 atom stereocenters. The minimum absolute atomic E-state index is 0.175. The van der Waals surface area contributed by atoms with Gasteiger partial charge in [0.25, 0.3) is 0 Å². The van der Waals surface area contributed by atoms with Crippen LogP contribution in [0.1, 0.15) is 32.4 Å². The Balaban J connectivity index is 1.89. The lowest BCUT2D eigenvalue weighted by Gasteiger charge is -2.44. The topological polar surface area (TPSA) is 18.5 Å². The van der Waals surface area contributed by atoms with E-state index in [4.69, 9.17) is 11.6 Å². The fraction of sp³-hybridized carbons (Fsp3) is 0.647. The smallest absolute Gasteiger partial charge is 0.0409 e. The van der Waals surface area contributed by atoms with Crippen LogP contribution in [0.5, 0.6) is 0 Å². The summed E-state index contributed by atoms with van der Waals surface area (Å²) in [5, 5.41) is 4.47. The van der Waals surface area contributed by atoms with Crippen LogP contribution >= 0.6 is 11.6 Å². The molecule has 118 valence electrons. The van der Waals surface area contributed by atoms with Gasteiger partial charge in [-0.3, -0.25) is 4.90 Å². The molecule has 1 heterocycles. The molecule has 4 heteroatoms. The van der Waals surface area contributed by atoms with Crippen molar-refractivity contribution in [1.82, 2.24) is 15.1 Å². The summed E-state index contributed by atoms with van der Waals surface area (Å²) in [5.74, 6) is 0. The molecule has 1 unspecified atom stereocenters. The van der Waals surface area contributed by atoms with E-state index in [-0.39, 0.29) is 5.54 Å². The second-order valence-electron chi connectivity index (χ2n) is 6.76. The lowest BCUT2D eigenvalue weighted by molar-refractivity contribution is 0.0605. The normalized spacial score (nSPS) is 19.7. The van der Waals surface area contributed by atoms with Crippen molar-refractivity contribution in [3.05, 3.63) is 34.9 Å². The maximum atomic E-state index is 6.07. The maximum absolute atomic E-state index is 6.07. The summed E-state index contributed by atoms with van der Waals surface area (Å²) >= 11 is 6.07. The third-order valence-electron chi connectivity index (χ3n) is 4.55. The molecule has 0 aliphatic carbocycles. The Bertz CT molecular complexity index is 453. The van der Waals surface area contributed by atoms with Gasteiger partial charge in [0.15, 0.2) is 0 Å². The van der Waals surface area contributed by atoms with Gasteiger partial charge in [-0.05, 0) is 45.5 Å². The van der Waals surface area contributed by atoms with E-state index < -0.39 is 0 Å². The number of nitrogens with zero attached hydrogens (tertiary/aromatic N) is 2. The van der Waals surface area contributed by atoms with E-state index in [9.17, 15) is 0 Å². The van der Waals surface area contributed by atoms with Crippen molar-refractivity contribution in [2.75, 3.05) is 39.8 Å². The minimum Gasteiger partial charge on any atom is -0.308 e. The molecule has 0 spiro atoms. The van der Waals surface area contributed by atoms with Crippen LogP contribution in [-0.4, -0.2) is 55.1 Å². The average Bonchev–Trinajstić information content (AvgIpc) is 2.45. The first kappa shape index (κ1) is 16.8. The van der Waals surface area contributed by atoms with E-state index in [0.29, 0.717) is 6.04 Å². The molecule has 2 rings (SSSR count). The Kier molecular flexibility index (Phi) is 5.67. The van der Waals surface area contributed by atoms with Gasteiger partial charge in [0, 0.05) is 49.3 Å². The predicted octanol–water partition coefficient (Wildman–Crippen LogP) is 3.02. The van der Waals surface area contributed by atoms with E-state index in [1.807, 2.05) is 18.2 Å². The summed E-state index contributed by atoms with van der Waals surface area (Å²) in [6, 6.07) is 8.43. The predicted molar refractivity (Wildman–Crippen MR) is 91.0 cm³/mol. The highest BCUT2D eigenvalue weighted by Crippen LogP contribution is 2.20. The lowest BCUT2D eigenvalue weighted by Crippen LogP contribution is -2.57. The monoisotopic (exact) mass is 309 g/mol. The molecule has 1 N–H and O–H groups in total. The number of hydrogen-bond acceptors (Lipinski definition) is 3. The number of halogens is 1. The number of hydrogen-bond donors (Lipinski definition) is 1. The van der Waals surface area contributed by atoms with E-state index >= 15 is 0 Å². The van der Waals surface area contributed by atoms with Crippen LogP contribution in [0.4, 0.5) is 0 Å². The highest BCUT2D eigenvalue weighted by molar-refractivity contribution is 6.30. The maximum Gasteiger partial charge on any atom is 0.0409 e. The Morgan fingerprint density at radius 1 is 1.24 bits per heavy atom. The van der Waals surface area contributed by atoms with E-state index in [0.717, 1.165) is 37.7 Å². The number of likely N-dealkylation sites (N-methyl/N-ethyl adjacent to an activating group) is 1. The van der Waals surface area contributed by atoms with Crippen LogP contribution in [0.2, 0.25) is 5.02 Å². The van der Waals surface area contributed by atoms with Crippen molar-refractivity contribution in [1.29, 1.82) is 0 Å². The van der Waals surface area contributed by atoms with Gasteiger partial charge in [-0.1, -0.05) is 23.7 Å². The number of piperazine rings is 1. The second-order valence-corrected chi connectivity index (χ2v) is 7.20. The van der Waals surface area contributed by atoms with Gasteiger partial charge in [-0.15, -0.1) is 0 Å². The van der Waals surface area contributed by atoms with E-state index in [2.05, 4.69) is 49.0 Å². The van der Waals surface area contributed by atoms with Gasteiger partial charge in [0.2, 0.25) is 0 Å². The van der Waals surface area contributed by atoms with Gasteiger partial charge in [0.1, 0.15) is 0 Å². The first-order valence-corrected chi connectivity index (χ1v) is 8.19. The molecule has 0 amide bonds. The zero-order chi connectivity index (χ0) is 15.5. The largest absolute Gasteiger partial charge is 0.308 e. The van der Waals surface area contributed by atoms with Crippen molar-refractivity contribution in [2.24, 2.45) is 0 Å². The Morgan fingerprint density at radius 3 is 2.52 bits per heavy atom. The van der Waals surface area contributed by atoms with Gasteiger partial charge in [-0.2, -0.15) is 0 Å². The molecule has 0 saturated carbocycles. The van der Waals surface area contributed by atoms with Crippen molar-refractivity contribution < 1.29 is 0 Å². The van der Waals surface area contributed by atoms with Gasteiger partial charge in [0.05, 0.1) is 0 Å². The fourth-order valence-electron chi connectivity index (χ4n) is 2.82. The standard InChI is InChI=1S/C17H28ClN3/c1-14(15-6-5-7-16(18)12-15)19-13-17(2,3)21-10-8-20(4)9-11-21/h5-7,12,14,19H,8-11,13H2,1-4H3. The Labute approximate surface area is 134 Å².